The Kier molecular flexibility index (Phi) is 5.74. The van der Waals surface area contributed by atoms with E-state index in [0.29, 0.717) is 33.9 Å². The number of aromatic carboxylic acids is 1. The zero-order valence-corrected chi connectivity index (χ0v) is 17.9. The summed E-state index contributed by atoms with van der Waals surface area (Å²) in [4.78, 5) is 32.8. The van der Waals surface area contributed by atoms with Crippen molar-refractivity contribution < 1.29 is 9.90 Å². The summed E-state index contributed by atoms with van der Waals surface area (Å²) in [7, 11) is 0. The quantitative estimate of drug-likeness (QED) is 0.401. The van der Waals surface area contributed by atoms with E-state index in [1.165, 1.54) is 6.20 Å². The molecule has 2 heterocycles. The van der Waals surface area contributed by atoms with Gasteiger partial charge in [-0.15, -0.1) is 0 Å². The molecule has 0 saturated carbocycles. The molecule has 0 bridgehead atoms. The summed E-state index contributed by atoms with van der Waals surface area (Å²) in [5, 5.41) is 24.9. The molecule has 0 unspecified atom stereocenters. The molecule has 0 atom stereocenters. The van der Waals surface area contributed by atoms with Crippen LogP contribution in [0.1, 0.15) is 35.8 Å². The fraction of sp³-hybridized carbons (Fsp3) is 0.125. The normalized spacial score (nSPS) is 10.7. The van der Waals surface area contributed by atoms with Crippen LogP contribution in [0.4, 0.5) is 23.1 Å². The van der Waals surface area contributed by atoms with Crippen molar-refractivity contribution in [3.8, 4) is 6.07 Å². The lowest BCUT2D eigenvalue weighted by Gasteiger charge is -2.17. The number of benzene rings is 2. The second kappa shape index (κ2) is 8.80. The van der Waals surface area contributed by atoms with Gasteiger partial charge in [-0.2, -0.15) is 10.2 Å². The number of nitrogens with one attached hydrogen (secondary N) is 2. The first kappa shape index (κ1) is 21.5. The van der Waals surface area contributed by atoms with Crippen LogP contribution in [0.2, 0.25) is 0 Å². The number of carboxylic acids is 1. The summed E-state index contributed by atoms with van der Waals surface area (Å²) in [5.41, 5.74) is 1.83. The second-order valence-corrected chi connectivity index (χ2v) is 7.61. The van der Waals surface area contributed by atoms with Crippen molar-refractivity contribution in [2.24, 2.45) is 0 Å². The first-order valence-corrected chi connectivity index (χ1v) is 10.1. The Morgan fingerprint density at radius 1 is 1.09 bits per heavy atom. The monoisotopic (exact) mass is 440 g/mol. The molecule has 2 aromatic heterocycles. The largest absolute Gasteiger partial charge is 0.477 e. The number of hydrogen-bond donors (Lipinski definition) is 3. The number of rotatable bonds is 6. The van der Waals surface area contributed by atoms with Gasteiger partial charge < -0.3 is 20.3 Å². The van der Waals surface area contributed by atoms with E-state index in [2.05, 4.69) is 26.7 Å². The van der Waals surface area contributed by atoms with Crippen LogP contribution < -0.4 is 16.1 Å². The highest BCUT2D eigenvalue weighted by Gasteiger charge is 2.16. The van der Waals surface area contributed by atoms with Gasteiger partial charge >= 0.3 is 5.97 Å². The molecule has 3 N–H and O–H groups in total. The Balaban J connectivity index is 1.65. The van der Waals surface area contributed by atoms with Gasteiger partial charge in [-0.25, -0.2) is 9.78 Å². The van der Waals surface area contributed by atoms with Crippen molar-refractivity contribution in [3.05, 3.63) is 82.3 Å². The molecule has 9 heteroatoms. The summed E-state index contributed by atoms with van der Waals surface area (Å²) in [6, 6.07) is 15.8. The highest BCUT2D eigenvalue weighted by atomic mass is 16.4. The first-order valence-electron chi connectivity index (χ1n) is 10.1. The Morgan fingerprint density at radius 2 is 1.82 bits per heavy atom. The second-order valence-electron chi connectivity index (χ2n) is 7.61. The maximum atomic E-state index is 12.6. The Labute approximate surface area is 189 Å². The van der Waals surface area contributed by atoms with E-state index in [4.69, 9.17) is 5.26 Å². The smallest absolute Gasteiger partial charge is 0.341 e. The number of carboxylic acid groups (broad SMARTS) is 1. The van der Waals surface area contributed by atoms with Crippen LogP contribution in [0, 0.1) is 11.3 Å². The van der Waals surface area contributed by atoms with Crippen LogP contribution in [0.5, 0.6) is 0 Å². The van der Waals surface area contributed by atoms with Crippen molar-refractivity contribution in [3.63, 3.8) is 0 Å². The van der Waals surface area contributed by atoms with Gasteiger partial charge in [0.05, 0.1) is 17.1 Å². The van der Waals surface area contributed by atoms with Crippen LogP contribution in [-0.2, 0) is 0 Å². The van der Waals surface area contributed by atoms with Gasteiger partial charge in [-0.3, -0.25) is 4.79 Å². The Morgan fingerprint density at radius 3 is 2.48 bits per heavy atom. The topological polar surface area (TPSA) is 133 Å². The van der Waals surface area contributed by atoms with Crippen molar-refractivity contribution in [1.82, 2.24) is 14.5 Å². The highest BCUT2D eigenvalue weighted by Crippen LogP contribution is 2.24. The van der Waals surface area contributed by atoms with Crippen LogP contribution in [0.15, 0.2) is 65.7 Å². The molecular formula is C24H20N6O3. The molecule has 0 radical (unpaired) electrons. The van der Waals surface area contributed by atoms with E-state index >= 15 is 0 Å². The van der Waals surface area contributed by atoms with Crippen molar-refractivity contribution in [2.75, 3.05) is 10.6 Å². The number of nitrogens with zero attached hydrogens (tertiary/aromatic N) is 4. The van der Waals surface area contributed by atoms with E-state index in [9.17, 15) is 14.7 Å². The van der Waals surface area contributed by atoms with Gasteiger partial charge in [0.25, 0.3) is 0 Å². The number of fused-ring (bicyclic) bond motifs is 1. The molecule has 0 aliphatic heterocycles. The van der Waals surface area contributed by atoms with Gasteiger partial charge in [-0.1, -0.05) is 0 Å². The van der Waals surface area contributed by atoms with Gasteiger partial charge in [0, 0.05) is 35.2 Å². The van der Waals surface area contributed by atoms with Crippen LogP contribution in [0.25, 0.3) is 10.9 Å². The average Bonchev–Trinajstić information content (AvgIpc) is 2.79. The van der Waals surface area contributed by atoms with Crippen molar-refractivity contribution >= 4 is 40.0 Å². The van der Waals surface area contributed by atoms with Gasteiger partial charge in [0.15, 0.2) is 0 Å². The molecule has 0 aliphatic carbocycles. The number of anilines is 4. The van der Waals surface area contributed by atoms with Gasteiger partial charge in [-0.05, 0) is 62.4 Å². The van der Waals surface area contributed by atoms with E-state index < -0.39 is 11.4 Å². The fourth-order valence-corrected chi connectivity index (χ4v) is 3.40. The van der Waals surface area contributed by atoms with E-state index in [0.717, 1.165) is 5.69 Å². The highest BCUT2D eigenvalue weighted by molar-refractivity contribution is 5.93. The van der Waals surface area contributed by atoms with E-state index in [-0.39, 0.29) is 11.6 Å². The van der Waals surface area contributed by atoms with E-state index in [1.54, 1.807) is 59.3 Å². The minimum Gasteiger partial charge on any atom is -0.477 e. The lowest BCUT2D eigenvalue weighted by atomic mass is 10.1. The zero-order valence-electron chi connectivity index (χ0n) is 17.9. The summed E-state index contributed by atoms with van der Waals surface area (Å²) in [6.45, 7) is 3.84. The third-order valence-electron chi connectivity index (χ3n) is 5.02. The van der Waals surface area contributed by atoms with Crippen molar-refractivity contribution in [2.45, 2.75) is 19.9 Å². The maximum absolute atomic E-state index is 12.6. The Bertz CT molecular complexity index is 1450. The Hall–Kier alpha value is -4.71. The molecule has 0 amide bonds. The van der Waals surface area contributed by atoms with Crippen LogP contribution >= 0.6 is 0 Å². The molecule has 4 rings (SSSR count). The van der Waals surface area contributed by atoms with E-state index in [1.807, 2.05) is 13.8 Å². The summed E-state index contributed by atoms with van der Waals surface area (Å²) in [5.74, 6) is -0.349. The molecule has 164 valence electrons. The lowest BCUT2D eigenvalue weighted by Crippen LogP contribution is -2.19. The molecule has 2 aromatic carbocycles. The van der Waals surface area contributed by atoms with Crippen molar-refractivity contribution in [1.29, 1.82) is 5.26 Å². The fourth-order valence-electron chi connectivity index (χ4n) is 3.40. The molecule has 33 heavy (non-hydrogen) atoms. The van der Waals surface area contributed by atoms with Gasteiger partial charge in [0.2, 0.25) is 11.4 Å². The van der Waals surface area contributed by atoms with Gasteiger partial charge in [0.1, 0.15) is 11.4 Å². The third kappa shape index (κ3) is 4.50. The van der Waals surface area contributed by atoms with Crippen LogP contribution in [0.3, 0.4) is 0 Å². The zero-order chi connectivity index (χ0) is 23.5. The molecule has 0 spiro atoms. The van der Waals surface area contributed by atoms with Crippen LogP contribution in [-0.4, -0.2) is 25.6 Å². The molecule has 9 nitrogen and oxygen atoms in total. The number of hydrogen-bond acceptors (Lipinski definition) is 7. The summed E-state index contributed by atoms with van der Waals surface area (Å²) >= 11 is 0. The number of pyridine rings is 1. The molecule has 0 saturated heterocycles. The average molecular weight is 440 g/mol. The SMILES string of the molecule is CC(C)n1cc(C(=O)O)c(=O)c2ccc(Nc3ccnc(Nc4ccc(C#N)cc4)n3)cc21. The minimum atomic E-state index is -1.25. The molecule has 0 aliphatic rings. The maximum Gasteiger partial charge on any atom is 0.341 e. The lowest BCUT2D eigenvalue weighted by molar-refractivity contribution is 0.0694. The standard InChI is InChI=1S/C24H20N6O3/c1-14(2)30-13-19(23(32)33)22(31)18-8-7-17(11-20(18)30)27-21-9-10-26-24(29-21)28-16-5-3-15(12-25)4-6-16/h3-11,13-14H,1-2H3,(H,32,33)(H2,26,27,28,29). The minimum absolute atomic E-state index is 0.0521. The number of carbonyl (C=O) groups is 1. The predicted molar refractivity (Wildman–Crippen MR) is 125 cm³/mol. The molecule has 0 fully saturated rings. The summed E-state index contributed by atoms with van der Waals surface area (Å²) in [6.07, 6.45) is 2.98. The molecule has 4 aromatic rings. The number of nitriles is 1. The predicted octanol–water partition coefficient (Wildman–Crippen LogP) is 4.43. The number of aromatic nitrogens is 3. The third-order valence-corrected chi connectivity index (χ3v) is 5.02. The molecular weight excluding hydrogens is 420 g/mol. The summed E-state index contributed by atoms with van der Waals surface area (Å²) < 4.78 is 1.77. The first-order chi connectivity index (χ1) is 15.9.